The van der Waals surface area contributed by atoms with Crippen LogP contribution in [0.5, 0.6) is 0 Å². The summed E-state index contributed by atoms with van der Waals surface area (Å²) in [5.74, 6) is 0. The van der Waals surface area contributed by atoms with E-state index in [1.807, 2.05) is 0 Å². The van der Waals surface area contributed by atoms with E-state index < -0.39 is 0 Å². The fraction of sp³-hybridized carbons (Fsp3) is 0.214. The standard InChI is InChI=1S/C28H29N/c1-2-22-29(27-21-13-12-20-26(27)23-14-6-3-7-15-23)28(24-16-8-4-9-17-24)25-18-10-5-11-19-25/h2-11,14-20,27-28H,1,12-13,21-22H2. The Morgan fingerprint density at radius 2 is 1.38 bits per heavy atom. The lowest BCUT2D eigenvalue weighted by molar-refractivity contribution is 0.199. The van der Waals surface area contributed by atoms with E-state index in [4.69, 9.17) is 0 Å². The molecule has 29 heavy (non-hydrogen) atoms. The van der Waals surface area contributed by atoms with E-state index in [1.165, 1.54) is 35.1 Å². The van der Waals surface area contributed by atoms with Crippen LogP contribution >= 0.6 is 0 Å². The van der Waals surface area contributed by atoms with Gasteiger partial charge in [0.25, 0.3) is 0 Å². The Bertz CT molecular complexity index is 888. The Hall–Kier alpha value is -2.90. The third kappa shape index (κ3) is 4.41. The summed E-state index contributed by atoms with van der Waals surface area (Å²) in [6.07, 6.45) is 8.06. The quantitative estimate of drug-likeness (QED) is 0.404. The maximum Gasteiger partial charge on any atom is 0.0610 e. The second-order valence-electron chi connectivity index (χ2n) is 7.68. The van der Waals surface area contributed by atoms with Crippen molar-refractivity contribution in [1.82, 2.24) is 4.90 Å². The molecular formula is C28H29N. The van der Waals surface area contributed by atoms with Crippen molar-refractivity contribution in [1.29, 1.82) is 0 Å². The average Bonchev–Trinajstić information content (AvgIpc) is 2.81. The molecule has 3 aromatic carbocycles. The van der Waals surface area contributed by atoms with Crippen LogP contribution in [0.3, 0.4) is 0 Å². The van der Waals surface area contributed by atoms with Gasteiger partial charge in [-0.05, 0) is 41.5 Å². The summed E-state index contributed by atoms with van der Waals surface area (Å²) < 4.78 is 0. The molecule has 1 aliphatic rings. The van der Waals surface area contributed by atoms with Gasteiger partial charge >= 0.3 is 0 Å². The van der Waals surface area contributed by atoms with Crippen LogP contribution in [0.15, 0.2) is 110 Å². The van der Waals surface area contributed by atoms with Gasteiger partial charge in [0.1, 0.15) is 0 Å². The monoisotopic (exact) mass is 379 g/mol. The van der Waals surface area contributed by atoms with Gasteiger partial charge in [-0.1, -0.05) is 103 Å². The van der Waals surface area contributed by atoms with Crippen LogP contribution in [0.25, 0.3) is 5.57 Å². The molecule has 0 saturated heterocycles. The van der Waals surface area contributed by atoms with Crippen molar-refractivity contribution in [3.63, 3.8) is 0 Å². The van der Waals surface area contributed by atoms with Crippen molar-refractivity contribution in [3.8, 4) is 0 Å². The van der Waals surface area contributed by atoms with Crippen molar-refractivity contribution < 1.29 is 0 Å². The molecule has 1 heteroatoms. The highest BCUT2D eigenvalue weighted by atomic mass is 15.2. The molecule has 0 bridgehead atoms. The van der Waals surface area contributed by atoms with Crippen LogP contribution in [0.4, 0.5) is 0 Å². The van der Waals surface area contributed by atoms with Crippen LogP contribution < -0.4 is 0 Å². The molecule has 0 saturated carbocycles. The van der Waals surface area contributed by atoms with E-state index in [9.17, 15) is 0 Å². The molecule has 0 N–H and O–H groups in total. The average molecular weight is 380 g/mol. The molecular weight excluding hydrogens is 350 g/mol. The van der Waals surface area contributed by atoms with Crippen LogP contribution in [-0.4, -0.2) is 17.5 Å². The molecule has 0 aliphatic heterocycles. The first-order chi connectivity index (χ1) is 14.4. The summed E-state index contributed by atoms with van der Waals surface area (Å²) in [6.45, 7) is 4.95. The molecule has 0 aromatic heterocycles. The lowest BCUT2D eigenvalue weighted by atomic mass is 9.85. The zero-order valence-corrected chi connectivity index (χ0v) is 17.0. The molecule has 0 radical (unpaired) electrons. The Kier molecular flexibility index (Phi) is 6.38. The summed E-state index contributed by atoms with van der Waals surface area (Å²) in [5, 5.41) is 0. The smallest absolute Gasteiger partial charge is 0.0610 e. The summed E-state index contributed by atoms with van der Waals surface area (Å²) in [4.78, 5) is 2.63. The molecule has 146 valence electrons. The van der Waals surface area contributed by atoms with Gasteiger partial charge in [0.05, 0.1) is 6.04 Å². The molecule has 3 aromatic rings. The number of allylic oxidation sites excluding steroid dienone is 1. The van der Waals surface area contributed by atoms with Gasteiger partial charge in [0, 0.05) is 12.6 Å². The second-order valence-corrected chi connectivity index (χ2v) is 7.68. The molecule has 0 amide bonds. The van der Waals surface area contributed by atoms with Gasteiger partial charge < -0.3 is 0 Å². The van der Waals surface area contributed by atoms with E-state index in [0.717, 1.165) is 13.0 Å². The second kappa shape index (κ2) is 9.54. The van der Waals surface area contributed by atoms with Crippen molar-refractivity contribution in [2.24, 2.45) is 0 Å². The molecule has 1 atom stereocenters. The molecule has 0 heterocycles. The van der Waals surface area contributed by atoms with E-state index in [2.05, 4.69) is 115 Å². The Labute approximate surface area is 175 Å². The highest BCUT2D eigenvalue weighted by molar-refractivity contribution is 5.70. The minimum Gasteiger partial charge on any atom is -0.282 e. The van der Waals surface area contributed by atoms with Crippen LogP contribution in [0.1, 0.15) is 42.0 Å². The fourth-order valence-electron chi connectivity index (χ4n) is 4.55. The van der Waals surface area contributed by atoms with E-state index in [-0.39, 0.29) is 6.04 Å². The summed E-state index contributed by atoms with van der Waals surface area (Å²) in [7, 11) is 0. The first kappa shape index (κ1) is 19.4. The van der Waals surface area contributed by atoms with Gasteiger partial charge in [-0.15, -0.1) is 6.58 Å². The number of hydrogen-bond donors (Lipinski definition) is 0. The first-order valence-electron chi connectivity index (χ1n) is 10.6. The van der Waals surface area contributed by atoms with Gasteiger partial charge in [0.15, 0.2) is 0 Å². The van der Waals surface area contributed by atoms with Crippen LogP contribution in [0, 0.1) is 0 Å². The van der Waals surface area contributed by atoms with Crippen molar-refractivity contribution in [3.05, 3.63) is 126 Å². The van der Waals surface area contributed by atoms with Gasteiger partial charge in [-0.25, -0.2) is 0 Å². The van der Waals surface area contributed by atoms with Gasteiger partial charge in [-0.2, -0.15) is 0 Å². The lowest BCUT2D eigenvalue weighted by Crippen LogP contribution is -2.40. The SMILES string of the molecule is C=CCN(C1CCCC=C1c1ccccc1)C(c1ccccc1)c1ccccc1. The Balaban J connectivity index is 1.80. The molecule has 1 unspecified atom stereocenters. The van der Waals surface area contributed by atoms with E-state index in [0.29, 0.717) is 6.04 Å². The first-order valence-corrected chi connectivity index (χ1v) is 10.6. The van der Waals surface area contributed by atoms with Crippen molar-refractivity contribution in [2.45, 2.75) is 31.3 Å². The summed E-state index contributed by atoms with van der Waals surface area (Å²) >= 11 is 0. The minimum absolute atomic E-state index is 0.200. The van der Waals surface area contributed by atoms with E-state index in [1.54, 1.807) is 0 Å². The highest BCUT2D eigenvalue weighted by Gasteiger charge is 2.31. The minimum atomic E-state index is 0.200. The molecule has 1 aliphatic carbocycles. The predicted molar refractivity (Wildman–Crippen MR) is 124 cm³/mol. The molecule has 1 nitrogen and oxygen atoms in total. The Morgan fingerprint density at radius 1 is 0.828 bits per heavy atom. The maximum absolute atomic E-state index is 4.10. The number of nitrogens with zero attached hydrogens (tertiary/aromatic N) is 1. The fourth-order valence-corrected chi connectivity index (χ4v) is 4.55. The normalized spacial score (nSPS) is 16.6. The zero-order valence-electron chi connectivity index (χ0n) is 17.0. The van der Waals surface area contributed by atoms with E-state index >= 15 is 0 Å². The summed E-state index contributed by atoms with van der Waals surface area (Å²) in [5.41, 5.74) is 5.46. The van der Waals surface area contributed by atoms with Crippen LogP contribution in [-0.2, 0) is 0 Å². The molecule has 4 rings (SSSR count). The van der Waals surface area contributed by atoms with Gasteiger partial charge in [-0.3, -0.25) is 4.90 Å². The predicted octanol–water partition coefficient (Wildman–Crippen LogP) is 6.90. The summed E-state index contributed by atoms with van der Waals surface area (Å²) in [6, 6.07) is 33.2. The topological polar surface area (TPSA) is 3.24 Å². The maximum atomic E-state index is 4.10. The lowest BCUT2D eigenvalue weighted by Gasteiger charge is -2.41. The van der Waals surface area contributed by atoms with Crippen LogP contribution in [0.2, 0.25) is 0 Å². The third-order valence-corrected chi connectivity index (χ3v) is 5.81. The van der Waals surface area contributed by atoms with Crippen molar-refractivity contribution >= 4 is 5.57 Å². The van der Waals surface area contributed by atoms with Crippen molar-refractivity contribution in [2.75, 3.05) is 6.54 Å². The van der Waals surface area contributed by atoms with Gasteiger partial charge in [0.2, 0.25) is 0 Å². The third-order valence-electron chi connectivity index (χ3n) is 5.81. The Morgan fingerprint density at radius 3 is 1.93 bits per heavy atom. The number of hydrogen-bond acceptors (Lipinski definition) is 1. The zero-order chi connectivity index (χ0) is 19.9. The number of benzene rings is 3. The largest absolute Gasteiger partial charge is 0.282 e. The molecule has 0 spiro atoms. The molecule has 0 fully saturated rings. The highest BCUT2D eigenvalue weighted by Crippen LogP contribution is 2.38. The number of rotatable bonds is 7.